The molecule has 0 aliphatic carbocycles. The second kappa shape index (κ2) is 8.83. The van der Waals surface area contributed by atoms with Crippen molar-refractivity contribution < 1.29 is 9.16 Å². The zero-order chi connectivity index (χ0) is 20.9. The molecule has 0 radical (unpaired) electrons. The van der Waals surface area contributed by atoms with Crippen LogP contribution in [0.25, 0.3) is 0 Å². The van der Waals surface area contributed by atoms with Crippen LogP contribution in [0.4, 0.5) is 0 Å². The molecule has 0 aliphatic rings. The standard InChI is InChI=1S/C25H34O2Si/c1-9-11-19-17-21(13-15-23(19)26-5)25(3,4)22-14-16-24(27-28(6,7)8)20(18-22)12-10-2/h9-10,13-18H,1-2,11-12H2,3-8H3. The second-order valence-corrected chi connectivity index (χ2v) is 13.1. The van der Waals surface area contributed by atoms with E-state index in [1.165, 1.54) is 16.7 Å². The first-order valence-corrected chi connectivity index (χ1v) is 13.2. The van der Waals surface area contributed by atoms with E-state index in [4.69, 9.17) is 9.16 Å². The lowest BCUT2D eigenvalue weighted by molar-refractivity contribution is 0.410. The van der Waals surface area contributed by atoms with Gasteiger partial charge in [0.2, 0.25) is 8.32 Å². The van der Waals surface area contributed by atoms with Crippen LogP contribution in [0.2, 0.25) is 19.6 Å². The van der Waals surface area contributed by atoms with Gasteiger partial charge in [-0.1, -0.05) is 50.3 Å². The van der Waals surface area contributed by atoms with Crippen LogP contribution in [0.15, 0.2) is 61.7 Å². The Kier molecular flexibility index (Phi) is 6.94. The Morgan fingerprint density at radius 2 is 1.32 bits per heavy atom. The topological polar surface area (TPSA) is 18.5 Å². The molecule has 0 amide bonds. The minimum atomic E-state index is -1.67. The first-order chi connectivity index (χ1) is 13.1. The Labute approximate surface area is 172 Å². The van der Waals surface area contributed by atoms with Crippen LogP contribution in [0, 0.1) is 0 Å². The molecule has 2 aromatic rings. The monoisotopic (exact) mass is 394 g/mol. The molecule has 150 valence electrons. The van der Waals surface area contributed by atoms with E-state index in [-0.39, 0.29) is 5.41 Å². The van der Waals surface area contributed by atoms with Crippen LogP contribution in [0.5, 0.6) is 11.5 Å². The number of rotatable bonds is 9. The molecule has 0 saturated carbocycles. The Hall–Kier alpha value is -2.26. The zero-order valence-corrected chi connectivity index (χ0v) is 19.3. The lowest BCUT2D eigenvalue weighted by Crippen LogP contribution is -2.30. The molecule has 2 aromatic carbocycles. The lowest BCUT2D eigenvalue weighted by atomic mass is 9.77. The summed E-state index contributed by atoms with van der Waals surface area (Å²) in [6.45, 7) is 19.0. The SMILES string of the molecule is C=CCc1cc(C(C)(C)c2ccc(O[Si](C)(C)C)c(CC=C)c2)ccc1OC. The fourth-order valence-corrected chi connectivity index (χ4v) is 4.22. The predicted molar refractivity (Wildman–Crippen MR) is 123 cm³/mol. The summed E-state index contributed by atoms with van der Waals surface area (Å²) in [5.41, 5.74) is 4.74. The quantitative estimate of drug-likeness (QED) is 0.348. The van der Waals surface area contributed by atoms with Crippen molar-refractivity contribution in [1.82, 2.24) is 0 Å². The minimum Gasteiger partial charge on any atom is -0.544 e. The minimum absolute atomic E-state index is 0.143. The van der Waals surface area contributed by atoms with Crippen LogP contribution in [-0.2, 0) is 18.3 Å². The van der Waals surface area contributed by atoms with Gasteiger partial charge in [-0.25, -0.2) is 0 Å². The molecule has 0 aromatic heterocycles. The number of hydrogen-bond acceptors (Lipinski definition) is 2. The molecule has 2 rings (SSSR count). The van der Waals surface area contributed by atoms with Crippen molar-refractivity contribution >= 4 is 8.32 Å². The lowest BCUT2D eigenvalue weighted by Gasteiger charge is -2.29. The van der Waals surface area contributed by atoms with E-state index in [1.807, 2.05) is 12.2 Å². The van der Waals surface area contributed by atoms with Gasteiger partial charge >= 0.3 is 0 Å². The van der Waals surface area contributed by atoms with Crippen molar-refractivity contribution in [2.75, 3.05) is 7.11 Å². The fraction of sp³-hybridized carbons (Fsp3) is 0.360. The van der Waals surface area contributed by atoms with Crippen molar-refractivity contribution in [2.24, 2.45) is 0 Å². The highest BCUT2D eigenvalue weighted by atomic mass is 28.4. The molecule has 0 saturated heterocycles. The summed E-state index contributed by atoms with van der Waals surface area (Å²) in [6, 6.07) is 13.0. The Balaban J connectivity index is 2.50. The molecule has 0 heterocycles. The van der Waals surface area contributed by atoms with Crippen molar-refractivity contribution in [2.45, 2.75) is 51.7 Å². The van der Waals surface area contributed by atoms with E-state index in [2.05, 4.69) is 83.0 Å². The molecule has 3 heteroatoms. The van der Waals surface area contributed by atoms with Gasteiger partial charge in [-0.3, -0.25) is 0 Å². The third-order valence-electron chi connectivity index (χ3n) is 4.93. The molecular formula is C25H34O2Si. The Morgan fingerprint density at radius 3 is 1.75 bits per heavy atom. The first kappa shape index (κ1) is 22.0. The van der Waals surface area contributed by atoms with E-state index in [0.29, 0.717) is 0 Å². The van der Waals surface area contributed by atoms with Crippen molar-refractivity contribution in [1.29, 1.82) is 0 Å². The number of hydrogen-bond donors (Lipinski definition) is 0. The predicted octanol–water partition coefficient (Wildman–Crippen LogP) is 6.69. The van der Waals surface area contributed by atoms with Gasteiger partial charge in [0.25, 0.3) is 0 Å². The molecule has 2 nitrogen and oxygen atoms in total. The first-order valence-electron chi connectivity index (χ1n) is 9.84. The highest BCUT2D eigenvalue weighted by molar-refractivity contribution is 6.70. The summed E-state index contributed by atoms with van der Waals surface area (Å²) >= 11 is 0. The van der Waals surface area contributed by atoms with Gasteiger partial charge in [0.15, 0.2) is 0 Å². The Morgan fingerprint density at radius 1 is 0.857 bits per heavy atom. The average molecular weight is 395 g/mol. The van der Waals surface area contributed by atoms with Gasteiger partial charge in [-0.05, 0) is 66.9 Å². The fourth-order valence-electron chi connectivity index (χ4n) is 3.36. The Bertz CT molecular complexity index is 844. The number of methoxy groups -OCH3 is 1. The zero-order valence-electron chi connectivity index (χ0n) is 18.3. The van der Waals surface area contributed by atoms with Crippen LogP contribution in [-0.4, -0.2) is 15.4 Å². The third-order valence-corrected chi connectivity index (χ3v) is 5.76. The molecule has 0 atom stereocenters. The molecule has 0 unspecified atom stereocenters. The second-order valence-electron chi connectivity index (χ2n) is 8.67. The summed E-state index contributed by atoms with van der Waals surface area (Å²) in [7, 11) is 0.0434. The van der Waals surface area contributed by atoms with Gasteiger partial charge in [-0.2, -0.15) is 0 Å². The molecule has 0 fully saturated rings. The van der Waals surface area contributed by atoms with Crippen molar-refractivity contribution in [3.05, 3.63) is 84.0 Å². The maximum atomic E-state index is 6.30. The average Bonchev–Trinajstić information content (AvgIpc) is 2.62. The van der Waals surface area contributed by atoms with Crippen LogP contribution >= 0.6 is 0 Å². The van der Waals surface area contributed by atoms with Gasteiger partial charge in [-0.15, -0.1) is 13.2 Å². The normalized spacial score (nSPS) is 11.8. The van der Waals surface area contributed by atoms with Crippen molar-refractivity contribution in [3.8, 4) is 11.5 Å². The molecule has 0 aliphatic heterocycles. The number of benzene rings is 2. The smallest absolute Gasteiger partial charge is 0.242 e. The maximum Gasteiger partial charge on any atom is 0.242 e. The maximum absolute atomic E-state index is 6.30. The number of ether oxygens (including phenoxy) is 1. The van der Waals surface area contributed by atoms with E-state index in [0.717, 1.165) is 29.9 Å². The van der Waals surface area contributed by atoms with Crippen LogP contribution < -0.4 is 9.16 Å². The molecule has 0 bridgehead atoms. The summed E-state index contributed by atoms with van der Waals surface area (Å²) < 4.78 is 11.8. The van der Waals surface area contributed by atoms with E-state index in [1.54, 1.807) is 7.11 Å². The number of allylic oxidation sites excluding steroid dienone is 2. The van der Waals surface area contributed by atoms with Gasteiger partial charge in [0, 0.05) is 5.41 Å². The largest absolute Gasteiger partial charge is 0.544 e. The van der Waals surface area contributed by atoms with Crippen LogP contribution in [0.1, 0.15) is 36.1 Å². The van der Waals surface area contributed by atoms with Gasteiger partial charge in [0.05, 0.1) is 7.11 Å². The molecular weight excluding hydrogens is 360 g/mol. The van der Waals surface area contributed by atoms with E-state index < -0.39 is 8.32 Å². The molecule has 0 spiro atoms. The molecule has 28 heavy (non-hydrogen) atoms. The summed E-state index contributed by atoms with van der Waals surface area (Å²) in [6.07, 6.45) is 5.45. The third kappa shape index (κ3) is 5.17. The van der Waals surface area contributed by atoms with Crippen molar-refractivity contribution in [3.63, 3.8) is 0 Å². The van der Waals surface area contributed by atoms with Gasteiger partial charge < -0.3 is 9.16 Å². The summed E-state index contributed by atoms with van der Waals surface area (Å²) in [4.78, 5) is 0. The highest BCUT2D eigenvalue weighted by Crippen LogP contribution is 2.37. The summed E-state index contributed by atoms with van der Waals surface area (Å²) in [5, 5.41) is 0. The van der Waals surface area contributed by atoms with Crippen LogP contribution in [0.3, 0.4) is 0 Å². The van der Waals surface area contributed by atoms with E-state index in [9.17, 15) is 0 Å². The highest BCUT2D eigenvalue weighted by Gasteiger charge is 2.26. The van der Waals surface area contributed by atoms with E-state index >= 15 is 0 Å². The summed E-state index contributed by atoms with van der Waals surface area (Å²) in [5.74, 6) is 1.89. The molecule has 0 N–H and O–H groups in total. The van der Waals surface area contributed by atoms with Gasteiger partial charge in [0.1, 0.15) is 11.5 Å².